The van der Waals surface area contributed by atoms with Crippen molar-refractivity contribution in [3.05, 3.63) is 47.7 Å². The molecule has 1 aliphatic rings. The molecule has 3 N–H and O–H groups in total. The minimum Gasteiger partial charge on any atom is -0.451 e. The van der Waals surface area contributed by atoms with Gasteiger partial charge in [-0.25, -0.2) is 0 Å². The number of hydrogen-bond donors (Lipinski definition) is 3. The first-order valence-corrected chi connectivity index (χ1v) is 7.93. The molecule has 2 atom stereocenters. The Balaban J connectivity index is 1.64. The summed E-state index contributed by atoms with van der Waals surface area (Å²) in [7, 11) is 0. The number of benzene rings is 1. The van der Waals surface area contributed by atoms with Crippen molar-refractivity contribution < 1.29 is 19.1 Å². The quantitative estimate of drug-likeness (QED) is 0.723. The third-order valence-corrected chi connectivity index (χ3v) is 4.23. The van der Waals surface area contributed by atoms with Crippen LogP contribution < -0.4 is 10.6 Å². The fourth-order valence-electron chi connectivity index (χ4n) is 2.72. The number of furan rings is 1. The number of β-amino-alcohol motifs (C(OH)–C–C–N with tert-alkyl or cyclic N) is 1. The molecule has 1 amide bonds. The maximum absolute atomic E-state index is 12.1. The lowest BCUT2D eigenvalue weighted by atomic mass is 10.1. The lowest BCUT2D eigenvalue weighted by Crippen LogP contribution is -2.34. The molecule has 2 aromatic rings. The van der Waals surface area contributed by atoms with Gasteiger partial charge in [0.05, 0.1) is 6.10 Å². The van der Waals surface area contributed by atoms with Gasteiger partial charge in [-0.2, -0.15) is 0 Å². The molecule has 1 fully saturated rings. The first-order valence-electron chi connectivity index (χ1n) is 7.93. The second-order valence-corrected chi connectivity index (χ2v) is 5.99. The number of amides is 1. The monoisotopic (exact) mass is 328 g/mol. The number of nitrogens with one attached hydrogen (secondary N) is 2. The smallest absolute Gasteiger partial charge is 0.287 e. The third kappa shape index (κ3) is 3.55. The molecule has 0 saturated carbocycles. The average Bonchev–Trinajstić information content (AvgIpc) is 3.22. The van der Waals surface area contributed by atoms with E-state index in [0.29, 0.717) is 31.0 Å². The molecule has 1 aromatic carbocycles. The van der Waals surface area contributed by atoms with Crippen LogP contribution in [-0.4, -0.2) is 42.5 Å². The highest BCUT2D eigenvalue weighted by Gasteiger charge is 2.25. The highest BCUT2D eigenvalue weighted by atomic mass is 16.3. The molecule has 0 bridgehead atoms. The molecule has 2 heterocycles. The van der Waals surface area contributed by atoms with Gasteiger partial charge in [-0.3, -0.25) is 9.59 Å². The van der Waals surface area contributed by atoms with Crippen molar-refractivity contribution in [1.29, 1.82) is 0 Å². The Bertz CT molecular complexity index is 736. The van der Waals surface area contributed by atoms with Gasteiger partial charge in [-0.05, 0) is 19.1 Å². The summed E-state index contributed by atoms with van der Waals surface area (Å²) in [6.07, 6.45) is -0.433. The van der Waals surface area contributed by atoms with Crippen molar-refractivity contribution in [3.63, 3.8) is 0 Å². The van der Waals surface area contributed by atoms with E-state index in [1.54, 1.807) is 36.4 Å². The van der Waals surface area contributed by atoms with Crippen LogP contribution in [0, 0.1) is 5.92 Å². The topological polar surface area (TPSA) is 91.6 Å². The number of rotatable bonds is 5. The van der Waals surface area contributed by atoms with Crippen molar-refractivity contribution in [3.8, 4) is 11.3 Å². The van der Waals surface area contributed by atoms with Crippen molar-refractivity contribution in [2.75, 3.05) is 19.6 Å². The van der Waals surface area contributed by atoms with E-state index in [0.717, 1.165) is 5.56 Å². The molecule has 2 unspecified atom stereocenters. The SMILES string of the molecule is CC(=O)c1ccc(-c2ccc(C(=O)NCC3CNCC3O)o2)cc1. The van der Waals surface area contributed by atoms with Crippen LogP contribution >= 0.6 is 0 Å². The van der Waals surface area contributed by atoms with Gasteiger partial charge >= 0.3 is 0 Å². The van der Waals surface area contributed by atoms with Crippen molar-refractivity contribution in [2.24, 2.45) is 5.92 Å². The average molecular weight is 328 g/mol. The fourth-order valence-corrected chi connectivity index (χ4v) is 2.72. The number of hydrogen-bond acceptors (Lipinski definition) is 5. The minimum absolute atomic E-state index is 0.00431. The molecule has 6 heteroatoms. The Labute approximate surface area is 139 Å². The molecule has 24 heavy (non-hydrogen) atoms. The van der Waals surface area contributed by atoms with E-state index >= 15 is 0 Å². The number of carbonyl (C=O) groups excluding carboxylic acids is 2. The molecule has 1 saturated heterocycles. The summed E-state index contributed by atoms with van der Waals surface area (Å²) in [5.41, 5.74) is 1.43. The number of carbonyl (C=O) groups is 2. The molecule has 3 rings (SSSR count). The predicted molar refractivity (Wildman–Crippen MR) is 88.8 cm³/mol. The van der Waals surface area contributed by atoms with Crippen LogP contribution in [-0.2, 0) is 0 Å². The van der Waals surface area contributed by atoms with Crippen molar-refractivity contribution in [1.82, 2.24) is 10.6 Å². The van der Waals surface area contributed by atoms with Gasteiger partial charge in [0.15, 0.2) is 11.5 Å². The Morgan fingerprint density at radius 1 is 1.21 bits per heavy atom. The van der Waals surface area contributed by atoms with E-state index in [1.807, 2.05) is 0 Å². The highest BCUT2D eigenvalue weighted by molar-refractivity contribution is 5.94. The molecular formula is C18H20N2O4. The standard InChI is InChI=1S/C18H20N2O4/c1-11(21)12-2-4-13(5-3-12)16-6-7-17(24-16)18(23)20-9-14-8-19-10-15(14)22/h2-7,14-15,19,22H,8-10H2,1H3,(H,20,23). The van der Waals surface area contributed by atoms with Gasteiger partial charge in [-0.15, -0.1) is 0 Å². The van der Waals surface area contributed by atoms with Crippen LogP contribution in [0.4, 0.5) is 0 Å². The Kier molecular flexibility index (Phi) is 4.78. The summed E-state index contributed by atoms with van der Waals surface area (Å²) in [6.45, 7) is 3.16. The molecule has 0 aliphatic carbocycles. The molecule has 0 spiro atoms. The van der Waals surface area contributed by atoms with Crippen LogP contribution in [0.15, 0.2) is 40.8 Å². The first kappa shape index (κ1) is 16.4. The number of aliphatic hydroxyl groups is 1. The van der Waals surface area contributed by atoms with Gasteiger partial charge in [0.1, 0.15) is 5.76 Å². The Morgan fingerprint density at radius 3 is 2.58 bits per heavy atom. The molecule has 0 radical (unpaired) electrons. The maximum Gasteiger partial charge on any atom is 0.287 e. The molecular weight excluding hydrogens is 308 g/mol. The Morgan fingerprint density at radius 2 is 1.96 bits per heavy atom. The molecule has 6 nitrogen and oxygen atoms in total. The third-order valence-electron chi connectivity index (χ3n) is 4.23. The lowest BCUT2D eigenvalue weighted by molar-refractivity contribution is 0.0900. The van der Waals surface area contributed by atoms with Crippen molar-refractivity contribution in [2.45, 2.75) is 13.0 Å². The van der Waals surface area contributed by atoms with Gasteiger partial charge in [-0.1, -0.05) is 24.3 Å². The maximum atomic E-state index is 12.1. The molecule has 126 valence electrons. The van der Waals surface area contributed by atoms with Crippen LogP contribution in [0.1, 0.15) is 27.8 Å². The van der Waals surface area contributed by atoms with Crippen LogP contribution in [0.5, 0.6) is 0 Å². The summed E-state index contributed by atoms with van der Waals surface area (Å²) < 4.78 is 5.60. The fraction of sp³-hybridized carbons (Fsp3) is 0.333. The largest absolute Gasteiger partial charge is 0.451 e. The first-order chi connectivity index (χ1) is 11.5. The van der Waals surface area contributed by atoms with Crippen molar-refractivity contribution >= 4 is 11.7 Å². The van der Waals surface area contributed by atoms with Crippen LogP contribution in [0.3, 0.4) is 0 Å². The molecule has 1 aliphatic heterocycles. The zero-order valence-electron chi connectivity index (χ0n) is 13.4. The summed E-state index contributed by atoms with van der Waals surface area (Å²) in [6, 6.07) is 10.4. The lowest BCUT2D eigenvalue weighted by Gasteiger charge is -2.13. The highest BCUT2D eigenvalue weighted by Crippen LogP contribution is 2.23. The zero-order chi connectivity index (χ0) is 17.1. The van der Waals surface area contributed by atoms with E-state index in [-0.39, 0.29) is 23.4 Å². The molecule has 1 aromatic heterocycles. The normalized spacial score (nSPS) is 20.1. The summed E-state index contributed by atoms with van der Waals surface area (Å²) in [5, 5.41) is 15.6. The second-order valence-electron chi connectivity index (χ2n) is 5.99. The zero-order valence-corrected chi connectivity index (χ0v) is 13.4. The summed E-state index contributed by atoms with van der Waals surface area (Å²) in [5.74, 6) is 0.506. The number of ketones is 1. The predicted octanol–water partition coefficient (Wildman–Crippen LogP) is 1.46. The minimum atomic E-state index is -0.433. The number of aliphatic hydroxyl groups excluding tert-OH is 1. The van der Waals surface area contributed by atoms with Gasteiger partial charge < -0.3 is 20.2 Å². The summed E-state index contributed by atoms with van der Waals surface area (Å²) >= 11 is 0. The van der Waals surface area contributed by atoms with E-state index in [4.69, 9.17) is 4.42 Å². The van der Waals surface area contributed by atoms with Crippen LogP contribution in [0.25, 0.3) is 11.3 Å². The van der Waals surface area contributed by atoms with Crippen LogP contribution in [0.2, 0.25) is 0 Å². The van der Waals surface area contributed by atoms with E-state index in [2.05, 4.69) is 10.6 Å². The second kappa shape index (κ2) is 6.98. The van der Waals surface area contributed by atoms with Gasteiger partial charge in [0, 0.05) is 36.7 Å². The van der Waals surface area contributed by atoms with Gasteiger partial charge in [0.2, 0.25) is 0 Å². The summed E-state index contributed by atoms with van der Waals surface area (Å²) in [4.78, 5) is 23.4. The van der Waals surface area contributed by atoms with Gasteiger partial charge in [0.25, 0.3) is 5.91 Å². The Hall–Kier alpha value is -2.44. The van der Waals surface area contributed by atoms with E-state index in [9.17, 15) is 14.7 Å². The van der Waals surface area contributed by atoms with E-state index in [1.165, 1.54) is 6.92 Å². The number of Topliss-reactive ketones (excluding diaryl/α,β-unsaturated/α-hetero) is 1. The van der Waals surface area contributed by atoms with E-state index < -0.39 is 6.10 Å².